The molecule has 5 nitrogen and oxygen atoms in total. The summed E-state index contributed by atoms with van der Waals surface area (Å²) >= 11 is 1.94. The third-order valence-electron chi connectivity index (χ3n) is 4.02. The van der Waals surface area contributed by atoms with Crippen LogP contribution in [0.3, 0.4) is 0 Å². The number of carbonyl (C=O) groups is 1. The lowest BCUT2D eigenvalue weighted by Crippen LogP contribution is -2.29. The Morgan fingerprint density at radius 1 is 1.33 bits per heavy atom. The average Bonchev–Trinajstić information content (AvgIpc) is 2.49. The lowest BCUT2D eigenvalue weighted by Gasteiger charge is -2.30. The van der Waals surface area contributed by atoms with Crippen LogP contribution in [0, 0.1) is 0 Å². The van der Waals surface area contributed by atoms with E-state index in [4.69, 9.17) is 10.5 Å². The van der Waals surface area contributed by atoms with Gasteiger partial charge in [0.1, 0.15) is 5.60 Å². The summed E-state index contributed by atoms with van der Waals surface area (Å²) in [6.07, 6.45) is 6.53. The minimum atomic E-state index is -0.520. The van der Waals surface area contributed by atoms with E-state index in [9.17, 15) is 4.79 Å². The first-order valence-electron chi connectivity index (χ1n) is 8.45. The molecule has 1 aromatic rings. The van der Waals surface area contributed by atoms with Crippen molar-refractivity contribution < 1.29 is 9.53 Å². The van der Waals surface area contributed by atoms with Crippen LogP contribution in [0.4, 0.5) is 21.9 Å². The zero-order chi connectivity index (χ0) is 17.7. The Balaban J connectivity index is 2.01. The van der Waals surface area contributed by atoms with Crippen molar-refractivity contribution in [3.63, 3.8) is 0 Å². The largest absolute Gasteiger partial charge is 0.444 e. The van der Waals surface area contributed by atoms with Gasteiger partial charge in [0.15, 0.2) is 0 Å². The molecule has 1 saturated carbocycles. The van der Waals surface area contributed by atoms with Gasteiger partial charge in [0.2, 0.25) is 0 Å². The highest BCUT2D eigenvalue weighted by Gasteiger charge is 2.22. The highest BCUT2D eigenvalue weighted by Crippen LogP contribution is 2.31. The summed E-state index contributed by atoms with van der Waals surface area (Å²) in [7, 11) is 0. The van der Waals surface area contributed by atoms with E-state index in [-0.39, 0.29) is 0 Å². The Morgan fingerprint density at radius 3 is 2.75 bits per heavy atom. The Hall–Kier alpha value is -1.56. The zero-order valence-corrected chi connectivity index (χ0v) is 15.8. The van der Waals surface area contributed by atoms with Crippen LogP contribution in [0.5, 0.6) is 0 Å². The van der Waals surface area contributed by atoms with Gasteiger partial charge in [-0.3, -0.25) is 5.32 Å². The first-order chi connectivity index (χ1) is 11.3. The number of thioether (sulfide) groups is 1. The van der Waals surface area contributed by atoms with Gasteiger partial charge in [-0.2, -0.15) is 11.8 Å². The van der Waals surface area contributed by atoms with Gasteiger partial charge in [0.05, 0.1) is 11.4 Å². The number of hydrogen-bond acceptors (Lipinski definition) is 5. The molecule has 1 aromatic carbocycles. The smallest absolute Gasteiger partial charge is 0.412 e. The van der Waals surface area contributed by atoms with Crippen LogP contribution in [0.2, 0.25) is 0 Å². The van der Waals surface area contributed by atoms with Gasteiger partial charge in [-0.1, -0.05) is 6.42 Å². The fourth-order valence-electron chi connectivity index (χ4n) is 2.89. The van der Waals surface area contributed by atoms with Gasteiger partial charge in [-0.15, -0.1) is 0 Å². The molecule has 134 valence electrons. The van der Waals surface area contributed by atoms with Crippen LogP contribution in [-0.2, 0) is 4.74 Å². The summed E-state index contributed by atoms with van der Waals surface area (Å²) in [5.41, 5.74) is 7.82. The number of ether oxygens (including phenoxy) is 1. The van der Waals surface area contributed by atoms with Crippen LogP contribution >= 0.6 is 11.8 Å². The molecule has 0 saturated heterocycles. The zero-order valence-electron chi connectivity index (χ0n) is 15.0. The van der Waals surface area contributed by atoms with Crippen molar-refractivity contribution in [2.24, 2.45) is 0 Å². The van der Waals surface area contributed by atoms with Gasteiger partial charge < -0.3 is 15.8 Å². The van der Waals surface area contributed by atoms with Crippen molar-refractivity contribution in [3.8, 4) is 0 Å². The molecular formula is C18H29N3O2S. The molecule has 0 aliphatic heterocycles. The van der Waals surface area contributed by atoms with E-state index in [1.165, 1.54) is 12.8 Å². The van der Waals surface area contributed by atoms with Gasteiger partial charge in [0.25, 0.3) is 0 Å². The van der Waals surface area contributed by atoms with E-state index in [0.717, 1.165) is 18.5 Å². The second-order valence-electron chi connectivity index (χ2n) is 7.29. The highest BCUT2D eigenvalue weighted by atomic mass is 32.2. The number of hydrogen-bond donors (Lipinski definition) is 3. The van der Waals surface area contributed by atoms with Crippen molar-refractivity contribution in [1.82, 2.24) is 0 Å². The first-order valence-corrected chi connectivity index (χ1v) is 9.74. The van der Waals surface area contributed by atoms with Gasteiger partial charge in [0, 0.05) is 17.0 Å². The lowest BCUT2D eigenvalue weighted by molar-refractivity contribution is 0.0636. The third kappa shape index (κ3) is 5.82. The molecule has 0 radical (unpaired) electrons. The van der Waals surface area contributed by atoms with E-state index < -0.39 is 11.7 Å². The van der Waals surface area contributed by atoms with Gasteiger partial charge >= 0.3 is 6.09 Å². The van der Waals surface area contributed by atoms with Crippen LogP contribution in [0.25, 0.3) is 0 Å². The summed E-state index contributed by atoms with van der Waals surface area (Å²) in [6, 6.07) is 5.90. The van der Waals surface area contributed by atoms with Crippen LogP contribution in [0.1, 0.15) is 46.5 Å². The molecule has 0 spiro atoms. The fourth-order valence-corrected chi connectivity index (χ4v) is 3.72. The van der Waals surface area contributed by atoms with Gasteiger partial charge in [-0.05, 0) is 64.5 Å². The standard InChI is InChI=1S/C18H29N3O2S/c1-18(2,3)23-17(22)21-13-8-9-15(19)16(11-13)20-12-6-5-7-14(10-12)24-4/h8-9,11-12,14,20H,5-7,10,19H2,1-4H3,(H,21,22). The molecular weight excluding hydrogens is 322 g/mol. The number of benzene rings is 1. The Kier molecular flexibility index (Phi) is 6.27. The molecule has 24 heavy (non-hydrogen) atoms. The molecule has 1 fully saturated rings. The third-order valence-corrected chi connectivity index (χ3v) is 5.11. The summed E-state index contributed by atoms with van der Waals surface area (Å²) < 4.78 is 5.29. The molecule has 1 amide bonds. The monoisotopic (exact) mass is 351 g/mol. The molecule has 1 aliphatic carbocycles. The molecule has 4 N–H and O–H groups in total. The minimum Gasteiger partial charge on any atom is -0.444 e. The maximum Gasteiger partial charge on any atom is 0.412 e. The highest BCUT2D eigenvalue weighted by molar-refractivity contribution is 7.99. The van der Waals surface area contributed by atoms with E-state index in [1.807, 2.05) is 44.7 Å². The molecule has 6 heteroatoms. The van der Waals surface area contributed by atoms with Crippen LogP contribution < -0.4 is 16.4 Å². The predicted octanol–water partition coefficient (Wildman–Crippen LogP) is 4.70. The summed E-state index contributed by atoms with van der Waals surface area (Å²) in [4.78, 5) is 11.9. The van der Waals surface area contributed by atoms with Crippen LogP contribution in [0.15, 0.2) is 18.2 Å². The number of amides is 1. The molecule has 0 aromatic heterocycles. The summed E-state index contributed by atoms with van der Waals surface area (Å²) in [5.74, 6) is 0. The first kappa shape index (κ1) is 18.8. The topological polar surface area (TPSA) is 76.4 Å². The lowest BCUT2D eigenvalue weighted by atomic mass is 9.94. The number of nitrogen functional groups attached to an aromatic ring is 1. The van der Waals surface area contributed by atoms with Crippen molar-refractivity contribution in [1.29, 1.82) is 0 Å². The predicted molar refractivity (Wildman–Crippen MR) is 104 cm³/mol. The summed E-state index contributed by atoms with van der Waals surface area (Å²) in [5, 5.41) is 7.02. The molecule has 1 aliphatic rings. The number of rotatable bonds is 4. The van der Waals surface area contributed by atoms with Crippen molar-refractivity contribution >= 4 is 34.9 Å². The maximum atomic E-state index is 11.9. The summed E-state index contributed by atoms with van der Waals surface area (Å²) in [6.45, 7) is 5.52. The average molecular weight is 352 g/mol. The second-order valence-corrected chi connectivity index (χ2v) is 8.43. The normalized spacial score (nSPS) is 21.2. The van der Waals surface area contributed by atoms with Crippen molar-refractivity contribution in [2.45, 2.75) is 63.3 Å². The van der Waals surface area contributed by atoms with Crippen molar-refractivity contribution in [3.05, 3.63) is 18.2 Å². The number of anilines is 3. The maximum absolute atomic E-state index is 11.9. The molecule has 2 unspecified atom stereocenters. The molecule has 0 heterocycles. The Labute approximate surface area is 149 Å². The Morgan fingerprint density at radius 2 is 2.08 bits per heavy atom. The Bertz CT molecular complexity index is 572. The minimum absolute atomic E-state index is 0.426. The van der Waals surface area contributed by atoms with E-state index >= 15 is 0 Å². The quantitative estimate of drug-likeness (QED) is 0.685. The van der Waals surface area contributed by atoms with E-state index in [1.54, 1.807) is 6.07 Å². The van der Waals surface area contributed by atoms with Crippen molar-refractivity contribution in [2.75, 3.05) is 22.6 Å². The van der Waals surface area contributed by atoms with Gasteiger partial charge in [-0.25, -0.2) is 4.79 Å². The van der Waals surface area contributed by atoms with Crippen LogP contribution in [-0.4, -0.2) is 29.2 Å². The van der Waals surface area contributed by atoms with E-state index in [2.05, 4.69) is 16.9 Å². The number of carbonyl (C=O) groups excluding carboxylic acids is 1. The fraction of sp³-hybridized carbons (Fsp3) is 0.611. The SMILES string of the molecule is CSC1CCCC(Nc2cc(NC(=O)OC(C)(C)C)ccc2N)C1. The number of nitrogens with two attached hydrogens (primary N) is 1. The van der Waals surface area contributed by atoms with E-state index in [0.29, 0.717) is 22.7 Å². The molecule has 2 atom stereocenters. The second kappa shape index (κ2) is 8.01. The molecule has 2 rings (SSSR count). The number of nitrogens with one attached hydrogen (secondary N) is 2. The molecule has 0 bridgehead atoms.